The number of nitriles is 1. The molecule has 2 rings (SSSR count). The summed E-state index contributed by atoms with van der Waals surface area (Å²) < 4.78 is 31.6. The topological polar surface area (TPSA) is 45.0 Å². The lowest BCUT2D eigenvalue weighted by molar-refractivity contribution is 0.198. The van der Waals surface area contributed by atoms with Crippen LogP contribution in [0.5, 0.6) is 5.75 Å². The maximum Gasteiger partial charge on any atom is 0.162 e. The Morgan fingerprint density at radius 2 is 2.15 bits per heavy atom. The molecule has 1 fully saturated rings. The molecule has 108 valence electrons. The zero-order valence-corrected chi connectivity index (χ0v) is 11.6. The second-order valence-corrected chi connectivity index (χ2v) is 5.55. The lowest BCUT2D eigenvalue weighted by atomic mass is 9.98. The van der Waals surface area contributed by atoms with E-state index >= 15 is 0 Å². The van der Waals surface area contributed by atoms with Gasteiger partial charge in [0.05, 0.1) is 6.07 Å². The van der Waals surface area contributed by atoms with Gasteiger partial charge in [0.1, 0.15) is 17.4 Å². The van der Waals surface area contributed by atoms with E-state index in [9.17, 15) is 14.0 Å². The molecule has 1 aromatic carbocycles. The maximum absolute atomic E-state index is 13.1. The summed E-state index contributed by atoms with van der Waals surface area (Å²) >= 11 is 0. The highest BCUT2D eigenvalue weighted by Gasteiger charge is 2.40. The van der Waals surface area contributed by atoms with E-state index in [4.69, 9.17) is 4.74 Å². The van der Waals surface area contributed by atoms with Crippen LogP contribution in [-0.4, -0.2) is 17.7 Å². The average Bonchev–Trinajstić information content (AvgIpc) is 2.77. The van der Waals surface area contributed by atoms with E-state index in [1.54, 1.807) is 0 Å². The predicted molar refractivity (Wildman–Crippen MR) is 71.2 cm³/mol. The smallest absolute Gasteiger partial charge is 0.162 e. The summed E-state index contributed by atoms with van der Waals surface area (Å²) in [4.78, 5) is 0. The second kappa shape index (κ2) is 5.76. The van der Waals surface area contributed by atoms with Gasteiger partial charge in [0, 0.05) is 18.5 Å². The molecule has 0 heterocycles. The molecule has 0 aromatic heterocycles. The Morgan fingerprint density at radius 1 is 1.40 bits per heavy atom. The molecular formula is C15H18F2N2O. The third-order valence-corrected chi connectivity index (χ3v) is 3.44. The second-order valence-electron chi connectivity index (χ2n) is 5.55. The summed E-state index contributed by atoms with van der Waals surface area (Å²) in [5, 5.41) is 12.6. The molecule has 2 unspecified atom stereocenters. The molecule has 0 amide bonds. The highest BCUT2D eigenvalue weighted by atomic mass is 19.2. The van der Waals surface area contributed by atoms with Crippen LogP contribution in [0.4, 0.5) is 8.78 Å². The number of benzene rings is 1. The summed E-state index contributed by atoms with van der Waals surface area (Å²) in [5.74, 6) is -1.52. The van der Waals surface area contributed by atoms with Gasteiger partial charge in [-0.05, 0) is 38.8 Å². The molecular weight excluding hydrogens is 262 g/mol. The molecule has 1 aliphatic rings. The molecule has 0 aliphatic heterocycles. The highest BCUT2D eigenvalue weighted by molar-refractivity contribution is 5.24. The van der Waals surface area contributed by atoms with Crippen LogP contribution in [0, 0.1) is 23.0 Å². The molecule has 0 radical (unpaired) electrons. The molecule has 1 aliphatic carbocycles. The van der Waals surface area contributed by atoms with Crippen molar-refractivity contribution in [2.45, 2.75) is 50.8 Å². The van der Waals surface area contributed by atoms with E-state index < -0.39 is 17.2 Å². The van der Waals surface area contributed by atoms with Crippen LogP contribution in [-0.2, 0) is 0 Å². The zero-order valence-electron chi connectivity index (χ0n) is 11.6. The van der Waals surface area contributed by atoms with E-state index in [2.05, 4.69) is 11.4 Å². The predicted octanol–water partition coefficient (Wildman–Crippen LogP) is 3.16. The number of nitrogens with zero attached hydrogens (tertiary/aromatic N) is 1. The fourth-order valence-electron chi connectivity index (χ4n) is 2.66. The zero-order chi connectivity index (χ0) is 14.8. The molecule has 0 bridgehead atoms. The highest BCUT2D eigenvalue weighted by Crippen LogP contribution is 2.33. The van der Waals surface area contributed by atoms with E-state index in [1.165, 1.54) is 6.07 Å². The van der Waals surface area contributed by atoms with Gasteiger partial charge >= 0.3 is 0 Å². The van der Waals surface area contributed by atoms with Crippen LogP contribution >= 0.6 is 0 Å². The Kier molecular flexibility index (Phi) is 4.24. The summed E-state index contributed by atoms with van der Waals surface area (Å²) in [6.07, 6.45) is 1.79. The lowest BCUT2D eigenvalue weighted by Gasteiger charge is -2.25. The van der Waals surface area contributed by atoms with Gasteiger partial charge in [0.25, 0.3) is 0 Å². The first-order valence-corrected chi connectivity index (χ1v) is 6.75. The SMILES string of the molecule is CC(C)NC1(C#N)CCC(Oc2ccc(F)c(F)c2)C1. The molecule has 2 atom stereocenters. The van der Waals surface area contributed by atoms with Crippen molar-refractivity contribution in [2.75, 3.05) is 0 Å². The van der Waals surface area contributed by atoms with Crippen molar-refractivity contribution in [2.24, 2.45) is 0 Å². The van der Waals surface area contributed by atoms with Gasteiger partial charge in [0.2, 0.25) is 0 Å². The Balaban J connectivity index is 2.02. The van der Waals surface area contributed by atoms with Gasteiger partial charge in [0.15, 0.2) is 11.6 Å². The first-order valence-electron chi connectivity index (χ1n) is 6.75. The molecule has 1 aromatic rings. The molecule has 1 N–H and O–H groups in total. The minimum Gasteiger partial charge on any atom is -0.490 e. The number of nitrogens with one attached hydrogen (secondary N) is 1. The van der Waals surface area contributed by atoms with Crippen LogP contribution in [0.3, 0.4) is 0 Å². The van der Waals surface area contributed by atoms with Gasteiger partial charge in [-0.1, -0.05) is 0 Å². The normalized spacial score (nSPS) is 25.7. The van der Waals surface area contributed by atoms with Crippen LogP contribution in [0.2, 0.25) is 0 Å². The van der Waals surface area contributed by atoms with Crippen LogP contribution in [0.25, 0.3) is 0 Å². The molecule has 20 heavy (non-hydrogen) atoms. The van der Waals surface area contributed by atoms with Gasteiger partial charge in [-0.3, -0.25) is 5.32 Å². The van der Waals surface area contributed by atoms with Gasteiger partial charge in [-0.15, -0.1) is 0 Å². The quantitative estimate of drug-likeness (QED) is 0.921. The Labute approximate surface area is 117 Å². The average molecular weight is 280 g/mol. The third kappa shape index (κ3) is 3.26. The van der Waals surface area contributed by atoms with Crippen molar-refractivity contribution in [1.29, 1.82) is 5.26 Å². The summed E-state index contributed by atoms with van der Waals surface area (Å²) in [5.41, 5.74) is -0.586. The molecule has 0 saturated heterocycles. The number of rotatable bonds is 4. The first-order chi connectivity index (χ1) is 9.44. The number of ether oxygens (including phenoxy) is 1. The van der Waals surface area contributed by atoms with Crippen LogP contribution in [0.15, 0.2) is 18.2 Å². The fourth-order valence-corrected chi connectivity index (χ4v) is 2.66. The monoisotopic (exact) mass is 280 g/mol. The largest absolute Gasteiger partial charge is 0.490 e. The molecule has 0 spiro atoms. The van der Waals surface area contributed by atoms with E-state index in [0.717, 1.165) is 12.1 Å². The maximum atomic E-state index is 13.1. The van der Waals surface area contributed by atoms with Gasteiger partial charge < -0.3 is 4.74 Å². The number of halogens is 2. The number of hydrogen-bond donors (Lipinski definition) is 1. The standard InChI is InChI=1S/C15H18F2N2O/c1-10(2)19-15(9-18)6-5-12(8-15)20-11-3-4-13(16)14(17)7-11/h3-4,7,10,12,19H,5-6,8H2,1-2H3. The number of hydrogen-bond acceptors (Lipinski definition) is 3. The Morgan fingerprint density at radius 3 is 2.75 bits per heavy atom. The van der Waals surface area contributed by atoms with Crippen molar-refractivity contribution in [1.82, 2.24) is 5.32 Å². The van der Waals surface area contributed by atoms with E-state index in [1.807, 2.05) is 13.8 Å². The Bertz CT molecular complexity index is 527. The van der Waals surface area contributed by atoms with Crippen molar-refractivity contribution < 1.29 is 13.5 Å². The fraction of sp³-hybridized carbons (Fsp3) is 0.533. The van der Waals surface area contributed by atoms with E-state index in [-0.39, 0.29) is 12.1 Å². The lowest BCUT2D eigenvalue weighted by Crippen LogP contribution is -2.46. The molecule has 5 heteroatoms. The summed E-state index contributed by atoms with van der Waals surface area (Å²) in [6.45, 7) is 3.98. The van der Waals surface area contributed by atoms with Crippen molar-refractivity contribution in [3.8, 4) is 11.8 Å². The molecule has 3 nitrogen and oxygen atoms in total. The van der Waals surface area contributed by atoms with Crippen LogP contribution in [0.1, 0.15) is 33.1 Å². The van der Waals surface area contributed by atoms with Gasteiger partial charge in [-0.2, -0.15) is 5.26 Å². The van der Waals surface area contributed by atoms with Crippen molar-refractivity contribution in [3.05, 3.63) is 29.8 Å². The van der Waals surface area contributed by atoms with Crippen molar-refractivity contribution in [3.63, 3.8) is 0 Å². The third-order valence-electron chi connectivity index (χ3n) is 3.44. The summed E-state index contributed by atoms with van der Waals surface area (Å²) in [7, 11) is 0. The molecule has 1 saturated carbocycles. The summed E-state index contributed by atoms with van der Waals surface area (Å²) in [6, 6.07) is 6.01. The van der Waals surface area contributed by atoms with Crippen molar-refractivity contribution >= 4 is 0 Å². The first kappa shape index (κ1) is 14.7. The Hall–Kier alpha value is -1.67. The minimum absolute atomic E-state index is 0.161. The van der Waals surface area contributed by atoms with Crippen LogP contribution < -0.4 is 10.1 Å². The van der Waals surface area contributed by atoms with Gasteiger partial charge in [-0.25, -0.2) is 8.78 Å². The minimum atomic E-state index is -0.924. The van der Waals surface area contributed by atoms with E-state index in [0.29, 0.717) is 25.0 Å².